The molecule has 27 heavy (non-hydrogen) atoms. The third kappa shape index (κ3) is 6.11. The van der Waals surface area contributed by atoms with Crippen molar-refractivity contribution in [2.75, 3.05) is 0 Å². The molecule has 13 heteroatoms. The summed E-state index contributed by atoms with van der Waals surface area (Å²) in [4.78, 5) is 4.02. The molecule has 0 aromatic carbocycles. The number of hydrogen-bond acceptors (Lipinski definition) is 4. The minimum Gasteiger partial charge on any atom is -0.285 e. The Morgan fingerprint density at radius 3 is 2.37 bits per heavy atom. The van der Waals surface area contributed by atoms with Crippen molar-refractivity contribution < 1.29 is 13.2 Å². The van der Waals surface area contributed by atoms with Gasteiger partial charge in [0.2, 0.25) is 9.63 Å². The average Bonchev–Trinajstić information content (AvgIpc) is 2.99. The predicted molar refractivity (Wildman–Crippen MR) is 100 cm³/mol. The fraction of sp³-hybridized carbons (Fsp3) is 0.357. The Morgan fingerprint density at radius 1 is 1.30 bits per heavy atom. The number of rotatable bonds is 3. The summed E-state index contributed by atoms with van der Waals surface area (Å²) in [7, 11) is 0. The van der Waals surface area contributed by atoms with Gasteiger partial charge >= 0.3 is 6.18 Å². The highest BCUT2D eigenvalue weighted by atomic mass is 35.6. The lowest BCUT2D eigenvalue weighted by molar-refractivity contribution is -0.0704. The molecule has 150 valence electrons. The largest absolute Gasteiger partial charge is 0.450 e. The topological polar surface area (TPSA) is 83.8 Å². The van der Waals surface area contributed by atoms with Gasteiger partial charge in [-0.3, -0.25) is 10.4 Å². The van der Waals surface area contributed by atoms with Crippen LogP contribution in [0.15, 0.2) is 24.4 Å². The van der Waals surface area contributed by atoms with E-state index in [1.54, 1.807) is 6.07 Å². The maximum absolute atomic E-state index is 12.5. The zero-order valence-electron chi connectivity index (χ0n) is 14.0. The number of nitrogens with two attached hydrogens (primary N) is 1. The Balaban J connectivity index is 0.00000176. The van der Waals surface area contributed by atoms with E-state index < -0.39 is 22.3 Å². The van der Waals surface area contributed by atoms with E-state index in [-0.39, 0.29) is 27.2 Å². The monoisotopic (exact) mass is 464 g/mol. The van der Waals surface area contributed by atoms with Crippen molar-refractivity contribution in [3.63, 3.8) is 0 Å². The van der Waals surface area contributed by atoms with E-state index in [1.165, 1.54) is 18.3 Å². The Hall–Kier alpha value is -1.26. The molecule has 3 N–H and O–H groups in total. The van der Waals surface area contributed by atoms with Gasteiger partial charge < -0.3 is 0 Å². The maximum atomic E-state index is 12.5. The molecular weight excluding hydrogens is 451 g/mol. The molecule has 2 aromatic rings. The van der Waals surface area contributed by atoms with Crippen LogP contribution in [0.25, 0.3) is 5.82 Å². The summed E-state index contributed by atoms with van der Waals surface area (Å²) in [5.41, 5.74) is 0.0135. The van der Waals surface area contributed by atoms with Gasteiger partial charge in [0, 0.05) is 6.20 Å². The number of hydrogen-bond donors (Lipinski definition) is 2. The molecule has 0 spiro atoms. The van der Waals surface area contributed by atoms with Crippen LogP contribution in [0.3, 0.4) is 0 Å². The number of aromatic nitrogens is 3. The third-order valence-electron chi connectivity index (χ3n) is 2.88. The zero-order valence-corrected chi connectivity index (χ0v) is 17.1. The molecule has 2 aromatic heterocycles. The van der Waals surface area contributed by atoms with Crippen LogP contribution in [0.1, 0.15) is 25.2 Å². The van der Waals surface area contributed by atoms with Crippen molar-refractivity contribution in [3.8, 4) is 5.82 Å². The Bertz CT molecular complexity index is 788. The van der Waals surface area contributed by atoms with Gasteiger partial charge in [0.15, 0.2) is 5.82 Å². The normalized spacial score (nSPS) is 11.6. The Labute approximate surface area is 173 Å². The molecule has 0 aliphatic heterocycles. The van der Waals surface area contributed by atoms with Gasteiger partial charge in [-0.15, -0.1) is 0 Å². The molecular formula is C14H15Cl4F3N6. The first-order chi connectivity index (χ1) is 12.4. The highest BCUT2D eigenvalue weighted by molar-refractivity contribution is 6.66. The molecule has 0 saturated heterocycles. The van der Waals surface area contributed by atoms with E-state index in [0.717, 1.165) is 4.68 Å². The van der Waals surface area contributed by atoms with Crippen molar-refractivity contribution in [2.24, 2.45) is 5.84 Å². The molecule has 0 radical (unpaired) electrons. The van der Waals surface area contributed by atoms with E-state index in [4.69, 9.17) is 57.7 Å². The van der Waals surface area contributed by atoms with Crippen LogP contribution in [-0.4, -0.2) is 31.8 Å². The van der Waals surface area contributed by atoms with Gasteiger partial charge in [-0.25, -0.2) is 15.5 Å². The molecule has 0 atom stereocenters. The van der Waals surface area contributed by atoms with Crippen LogP contribution in [0, 0.1) is 5.41 Å². The van der Waals surface area contributed by atoms with E-state index in [2.05, 4.69) is 10.1 Å². The predicted octanol–water partition coefficient (Wildman–Crippen LogP) is 4.99. The number of alkyl halides is 6. The van der Waals surface area contributed by atoms with Gasteiger partial charge in [0.1, 0.15) is 0 Å². The second-order valence-corrected chi connectivity index (χ2v) is 7.40. The number of halogens is 7. The van der Waals surface area contributed by atoms with Gasteiger partial charge in [0.05, 0.1) is 23.0 Å². The standard InChI is InChI=1S/C12H9Cl4F3N6.C2H6/c13-7-2-1-3-22-9(7)25-8(11(14,15)16)4-6(23-25)5-24(21)10(20)12(17,18)19;1-2/h1-4,20H,5,21H2;1-2H3. The second kappa shape index (κ2) is 9.29. The van der Waals surface area contributed by atoms with Gasteiger partial charge in [-0.1, -0.05) is 60.3 Å². The lowest BCUT2D eigenvalue weighted by Gasteiger charge is -2.19. The van der Waals surface area contributed by atoms with E-state index in [1.807, 2.05) is 13.8 Å². The van der Waals surface area contributed by atoms with Gasteiger partial charge in [-0.05, 0) is 18.2 Å². The fourth-order valence-electron chi connectivity index (χ4n) is 1.82. The van der Waals surface area contributed by atoms with Gasteiger partial charge in [-0.2, -0.15) is 18.3 Å². The molecule has 0 unspecified atom stereocenters. The van der Waals surface area contributed by atoms with E-state index in [0.29, 0.717) is 0 Å². The SMILES string of the molecule is CC.N=C(N(N)Cc1cc(C(Cl)(Cl)Cl)n(-c2ncccc2Cl)n1)C(F)(F)F. The summed E-state index contributed by atoms with van der Waals surface area (Å²) in [5, 5.41) is 11.4. The first-order valence-electron chi connectivity index (χ1n) is 7.36. The molecule has 2 rings (SSSR count). The number of amidine groups is 1. The molecule has 0 aliphatic carbocycles. The van der Waals surface area contributed by atoms with Crippen molar-refractivity contribution in [1.29, 1.82) is 5.41 Å². The maximum Gasteiger partial charge on any atom is 0.450 e. The van der Waals surface area contributed by atoms with Gasteiger partial charge in [0.25, 0.3) is 0 Å². The van der Waals surface area contributed by atoms with Crippen LogP contribution in [0.5, 0.6) is 0 Å². The molecule has 0 aliphatic rings. The number of nitrogens with one attached hydrogen (secondary N) is 1. The molecule has 0 fully saturated rings. The molecule has 2 heterocycles. The summed E-state index contributed by atoms with van der Waals surface area (Å²) >= 11 is 23.7. The summed E-state index contributed by atoms with van der Waals surface area (Å²) in [6.07, 6.45) is -3.49. The Kier molecular flexibility index (Phi) is 8.18. The molecule has 0 bridgehead atoms. The van der Waals surface area contributed by atoms with Crippen molar-refractivity contribution >= 4 is 52.2 Å². The first kappa shape index (κ1) is 23.8. The minimum atomic E-state index is -4.90. The first-order valence-corrected chi connectivity index (χ1v) is 8.87. The Morgan fingerprint density at radius 2 is 1.89 bits per heavy atom. The van der Waals surface area contributed by atoms with Crippen LogP contribution in [-0.2, 0) is 10.3 Å². The molecule has 0 amide bonds. The number of hydrazine groups is 1. The van der Waals surface area contributed by atoms with Crippen molar-refractivity contribution in [3.05, 3.63) is 40.8 Å². The van der Waals surface area contributed by atoms with E-state index in [9.17, 15) is 13.2 Å². The van der Waals surface area contributed by atoms with Crippen molar-refractivity contribution in [2.45, 2.75) is 30.4 Å². The van der Waals surface area contributed by atoms with Crippen molar-refractivity contribution in [1.82, 2.24) is 19.8 Å². The third-order valence-corrected chi connectivity index (χ3v) is 3.75. The summed E-state index contributed by atoms with van der Waals surface area (Å²) in [5.74, 6) is 3.65. The highest BCUT2D eigenvalue weighted by Gasteiger charge is 2.38. The van der Waals surface area contributed by atoms with Crippen LogP contribution >= 0.6 is 46.4 Å². The summed E-state index contributed by atoms with van der Waals surface area (Å²) in [6, 6.07) is 4.32. The quantitative estimate of drug-likeness (QED) is 0.220. The van der Waals surface area contributed by atoms with E-state index >= 15 is 0 Å². The zero-order chi connectivity index (χ0) is 21.0. The number of pyridine rings is 1. The summed E-state index contributed by atoms with van der Waals surface area (Å²) < 4.78 is 36.7. The second-order valence-electron chi connectivity index (χ2n) is 4.71. The van der Waals surface area contributed by atoms with Crippen LogP contribution in [0.2, 0.25) is 5.02 Å². The lowest BCUT2D eigenvalue weighted by Crippen LogP contribution is -2.44. The minimum absolute atomic E-state index is 0.0000364. The lowest BCUT2D eigenvalue weighted by atomic mass is 10.3. The van der Waals surface area contributed by atoms with Crippen LogP contribution in [0.4, 0.5) is 13.2 Å². The van der Waals surface area contributed by atoms with Crippen LogP contribution < -0.4 is 5.84 Å². The summed E-state index contributed by atoms with van der Waals surface area (Å²) in [6.45, 7) is 3.45. The fourth-order valence-corrected chi connectivity index (χ4v) is 2.43. The molecule has 0 saturated carbocycles. The highest BCUT2D eigenvalue weighted by Crippen LogP contribution is 2.40. The smallest absolute Gasteiger partial charge is 0.285 e. The number of nitrogens with zero attached hydrogens (tertiary/aromatic N) is 4. The average molecular weight is 466 g/mol. The molecule has 6 nitrogen and oxygen atoms in total.